The predicted octanol–water partition coefficient (Wildman–Crippen LogP) is 3.01. The minimum atomic E-state index is -0.126. The van der Waals surface area contributed by atoms with Crippen LogP contribution in [0.3, 0.4) is 0 Å². The van der Waals surface area contributed by atoms with Gasteiger partial charge in [-0.3, -0.25) is 9.59 Å². The first-order chi connectivity index (χ1) is 12.6. The van der Waals surface area contributed by atoms with Gasteiger partial charge in [-0.2, -0.15) is 0 Å². The molecule has 1 aliphatic heterocycles. The van der Waals surface area contributed by atoms with Gasteiger partial charge < -0.3 is 19.7 Å². The number of anilines is 2. The lowest BCUT2D eigenvalue weighted by Gasteiger charge is -2.20. The molecule has 0 aliphatic carbocycles. The number of carbonyl (C=O) groups excluding carboxylic acids is 2. The Kier molecular flexibility index (Phi) is 5.41. The number of benzene rings is 2. The Bertz CT molecular complexity index is 802. The highest BCUT2D eigenvalue weighted by molar-refractivity contribution is 5.98. The number of hydrogen-bond acceptors (Lipinski definition) is 4. The highest BCUT2D eigenvalue weighted by atomic mass is 16.5. The van der Waals surface area contributed by atoms with Gasteiger partial charge in [0.05, 0.1) is 26.3 Å². The van der Waals surface area contributed by atoms with E-state index in [-0.39, 0.29) is 18.2 Å². The molecular weight excluding hydrogens is 332 g/mol. The minimum Gasteiger partial charge on any atom is -0.497 e. The summed E-state index contributed by atoms with van der Waals surface area (Å²) in [5.74, 6) is 1.32. The third-order valence-corrected chi connectivity index (χ3v) is 4.35. The van der Waals surface area contributed by atoms with E-state index in [2.05, 4.69) is 5.32 Å². The van der Waals surface area contributed by atoms with E-state index in [0.717, 1.165) is 17.7 Å². The van der Waals surface area contributed by atoms with Crippen LogP contribution in [-0.4, -0.2) is 32.6 Å². The first-order valence-electron chi connectivity index (χ1n) is 8.52. The molecule has 0 atom stereocenters. The number of nitrogens with zero attached hydrogens (tertiary/aromatic N) is 1. The fraction of sp³-hybridized carbons (Fsp3) is 0.300. The summed E-state index contributed by atoms with van der Waals surface area (Å²) in [5, 5.41) is 2.89. The van der Waals surface area contributed by atoms with E-state index in [4.69, 9.17) is 9.47 Å². The lowest BCUT2D eigenvalue weighted by molar-refractivity contribution is -0.117. The van der Waals surface area contributed by atoms with Gasteiger partial charge in [0.25, 0.3) is 0 Å². The average Bonchev–Trinajstić information content (AvgIpc) is 3.08. The van der Waals surface area contributed by atoms with Crippen LogP contribution in [0.15, 0.2) is 42.5 Å². The normalized spacial score (nSPS) is 13.6. The van der Waals surface area contributed by atoms with E-state index in [9.17, 15) is 9.59 Å². The molecule has 1 aliphatic rings. The largest absolute Gasteiger partial charge is 0.497 e. The summed E-state index contributed by atoms with van der Waals surface area (Å²) in [7, 11) is 3.18. The molecule has 2 amide bonds. The first-order valence-corrected chi connectivity index (χ1v) is 8.52. The van der Waals surface area contributed by atoms with Gasteiger partial charge in [-0.15, -0.1) is 0 Å². The molecule has 6 nitrogen and oxygen atoms in total. The summed E-state index contributed by atoms with van der Waals surface area (Å²) < 4.78 is 10.5. The van der Waals surface area contributed by atoms with Crippen LogP contribution in [0.25, 0.3) is 0 Å². The Morgan fingerprint density at radius 1 is 1.12 bits per heavy atom. The van der Waals surface area contributed by atoms with E-state index in [1.165, 1.54) is 0 Å². The molecule has 1 saturated heterocycles. The molecule has 1 N–H and O–H groups in total. The van der Waals surface area contributed by atoms with E-state index in [0.29, 0.717) is 30.1 Å². The summed E-state index contributed by atoms with van der Waals surface area (Å²) >= 11 is 0. The summed E-state index contributed by atoms with van der Waals surface area (Å²) in [4.78, 5) is 26.1. The molecular formula is C20H22N2O4. The molecule has 0 saturated carbocycles. The molecule has 1 fully saturated rings. The van der Waals surface area contributed by atoms with Crippen LogP contribution in [0.5, 0.6) is 11.5 Å². The van der Waals surface area contributed by atoms with Crippen molar-refractivity contribution < 1.29 is 19.1 Å². The Balaban J connectivity index is 1.72. The summed E-state index contributed by atoms with van der Waals surface area (Å²) in [6.45, 7) is 0.665. The second-order valence-electron chi connectivity index (χ2n) is 6.11. The molecule has 136 valence electrons. The van der Waals surface area contributed by atoms with E-state index < -0.39 is 0 Å². The lowest BCUT2D eigenvalue weighted by Crippen LogP contribution is -2.24. The molecule has 2 aromatic rings. The maximum Gasteiger partial charge on any atom is 0.228 e. The van der Waals surface area contributed by atoms with Crippen LogP contribution in [0.2, 0.25) is 0 Å². The van der Waals surface area contributed by atoms with Crippen LogP contribution in [-0.2, 0) is 16.0 Å². The van der Waals surface area contributed by atoms with Crippen LogP contribution in [0.1, 0.15) is 18.4 Å². The van der Waals surface area contributed by atoms with Gasteiger partial charge >= 0.3 is 0 Å². The van der Waals surface area contributed by atoms with E-state index in [1.807, 2.05) is 24.3 Å². The Labute approximate surface area is 152 Å². The Morgan fingerprint density at radius 3 is 2.50 bits per heavy atom. The molecule has 2 aromatic carbocycles. The zero-order chi connectivity index (χ0) is 18.5. The molecule has 3 rings (SSSR count). The Hall–Kier alpha value is -3.02. The topological polar surface area (TPSA) is 67.9 Å². The number of amides is 2. The average molecular weight is 354 g/mol. The van der Waals surface area contributed by atoms with Crippen LogP contribution in [0, 0.1) is 0 Å². The molecule has 0 radical (unpaired) electrons. The van der Waals surface area contributed by atoms with Gasteiger partial charge in [0, 0.05) is 18.7 Å². The molecule has 26 heavy (non-hydrogen) atoms. The second-order valence-corrected chi connectivity index (χ2v) is 6.11. The summed E-state index contributed by atoms with van der Waals surface area (Å²) in [5.41, 5.74) is 2.23. The number of nitrogens with one attached hydrogen (secondary N) is 1. The van der Waals surface area contributed by atoms with Crippen molar-refractivity contribution in [2.24, 2.45) is 0 Å². The molecule has 0 bridgehead atoms. The van der Waals surface area contributed by atoms with Crippen molar-refractivity contribution in [3.8, 4) is 11.5 Å². The molecule has 0 spiro atoms. The van der Waals surface area contributed by atoms with Gasteiger partial charge in [0.15, 0.2) is 0 Å². The van der Waals surface area contributed by atoms with Crippen molar-refractivity contribution in [3.63, 3.8) is 0 Å². The highest BCUT2D eigenvalue weighted by Crippen LogP contribution is 2.34. The van der Waals surface area contributed by atoms with Gasteiger partial charge in [-0.1, -0.05) is 12.1 Å². The molecule has 6 heteroatoms. The Morgan fingerprint density at radius 2 is 1.88 bits per heavy atom. The van der Waals surface area contributed by atoms with Crippen LogP contribution < -0.4 is 19.7 Å². The van der Waals surface area contributed by atoms with Crippen LogP contribution >= 0.6 is 0 Å². The van der Waals surface area contributed by atoms with Gasteiger partial charge in [-0.25, -0.2) is 0 Å². The maximum absolute atomic E-state index is 12.3. The maximum atomic E-state index is 12.3. The number of ether oxygens (including phenoxy) is 2. The van der Waals surface area contributed by atoms with Gasteiger partial charge in [0.2, 0.25) is 11.8 Å². The van der Waals surface area contributed by atoms with Crippen molar-refractivity contribution in [1.82, 2.24) is 0 Å². The number of rotatable bonds is 6. The van der Waals surface area contributed by atoms with Crippen molar-refractivity contribution in [2.75, 3.05) is 31.0 Å². The van der Waals surface area contributed by atoms with Gasteiger partial charge in [-0.05, 0) is 42.3 Å². The quantitative estimate of drug-likeness (QED) is 0.866. The molecule has 0 unspecified atom stereocenters. The standard InChI is InChI=1S/C20H22N2O4/c1-25-16-8-5-14(6-9-16)12-19(23)21-15-7-10-18(26-2)17(13-15)22-11-3-4-20(22)24/h5-10,13H,3-4,11-12H2,1-2H3,(H,21,23). The zero-order valence-electron chi connectivity index (χ0n) is 15.0. The third-order valence-electron chi connectivity index (χ3n) is 4.35. The zero-order valence-corrected chi connectivity index (χ0v) is 15.0. The molecule has 1 heterocycles. The van der Waals surface area contributed by atoms with Gasteiger partial charge in [0.1, 0.15) is 11.5 Å². The predicted molar refractivity (Wildman–Crippen MR) is 99.9 cm³/mol. The number of carbonyl (C=O) groups is 2. The fourth-order valence-corrected chi connectivity index (χ4v) is 3.02. The number of methoxy groups -OCH3 is 2. The molecule has 0 aromatic heterocycles. The summed E-state index contributed by atoms with van der Waals surface area (Å²) in [6, 6.07) is 12.7. The van der Waals surface area contributed by atoms with E-state index in [1.54, 1.807) is 37.3 Å². The van der Waals surface area contributed by atoms with Crippen LogP contribution in [0.4, 0.5) is 11.4 Å². The first kappa shape index (κ1) is 17.8. The fourth-order valence-electron chi connectivity index (χ4n) is 3.02. The smallest absolute Gasteiger partial charge is 0.228 e. The number of hydrogen-bond donors (Lipinski definition) is 1. The van der Waals surface area contributed by atoms with E-state index >= 15 is 0 Å². The minimum absolute atomic E-state index is 0.0741. The van der Waals surface area contributed by atoms with Crippen molar-refractivity contribution in [2.45, 2.75) is 19.3 Å². The monoisotopic (exact) mass is 354 g/mol. The third kappa shape index (κ3) is 3.96. The van der Waals surface area contributed by atoms with Crippen molar-refractivity contribution >= 4 is 23.2 Å². The SMILES string of the molecule is COc1ccc(CC(=O)Nc2ccc(OC)c(N3CCCC3=O)c2)cc1. The van der Waals surface area contributed by atoms with Crippen molar-refractivity contribution in [1.29, 1.82) is 0 Å². The second kappa shape index (κ2) is 7.91. The highest BCUT2D eigenvalue weighted by Gasteiger charge is 2.24. The van der Waals surface area contributed by atoms with Crippen molar-refractivity contribution in [3.05, 3.63) is 48.0 Å². The summed E-state index contributed by atoms with van der Waals surface area (Å²) in [6.07, 6.45) is 1.63. The lowest BCUT2D eigenvalue weighted by atomic mass is 10.1.